The van der Waals surface area contributed by atoms with Gasteiger partial charge in [-0.2, -0.15) is 4.98 Å². The van der Waals surface area contributed by atoms with Crippen molar-refractivity contribution in [2.45, 2.75) is 19.9 Å². The monoisotopic (exact) mass is 346 g/mol. The predicted molar refractivity (Wildman–Crippen MR) is 94.0 cm³/mol. The molecular formula is C18H26N4O3. The molecule has 7 nitrogen and oxygen atoms in total. The summed E-state index contributed by atoms with van der Waals surface area (Å²) in [6, 6.07) is 7.86. The summed E-state index contributed by atoms with van der Waals surface area (Å²) >= 11 is 0. The highest BCUT2D eigenvalue weighted by Gasteiger charge is 2.25. The van der Waals surface area contributed by atoms with Gasteiger partial charge in [-0.25, -0.2) is 0 Å². The van der Waals surface area contributed by atoms with Crippen LogP contribution in [0.2, 0.25) is 0 Å². The molecule has 25 heavy (non-hydrogen) atoms. The van der Waals surface area contributed by atoms with Crippen LogP contribution in [0.1, 0.15) is 24.7 Å². The molecule has 0 unspecified atom stereocenters. The first kappa shape index (κ1) is 17.7. The van der Waals surface area contributed by atoms with Gasteiger partial charge >= 0.3 is 0 Å². The Morgan fingerprint density at radius 1 is 1.12 bits per heavy atom. The van der Waals surface area contributed by atoms with Gasteiger partial charge in [-0.3, -0.25) is 9.80 Å². The molecule has 1 aliphatic rings. The van der Waals surface area contributed by atoms with Crippen molar-refractivity contribution in [2.75, 3.05) is 46.4 Å². The third kappa shape index (κ3) is 4.70. The van der Waals surface area contributed by atoms with Crippen LogP contribution in [0.15, 0.2) is 28.8 Å². The van der Waals surface area contributed by atoms with Gasteiger partial charge in [0.15, 0.2) is 5.82 Å². The van der Waals surface area contributed by atoms with Gasteiger partial charge in [0.05, 0.1) is 13.2 Å². The van der Waals surface area contributed by atoms with Crippen molar-refractivity contribution in [2.24, 2.45) is 0 Å². The second-order valence-corrected chi connectivity index (χ2v) is 6.26. The summed E-state index contributed by atoms with van der Waals surface area (Å²) in [5.41, 5.74) is 0. The Bertz CT molecular complexity index is 651. The number of hydrogen-bond donors (Lipinski definition) is 0. The molecule has 0 amide bonds. The number of hydrogen-bond acceptors (Lipinski definition) is 7. The minimum absolute atomic E-state index is 0.166. The molecule has 7 heteroatoms. The molecule has 0 bridgehead atoms. The number of rotatable bonds is 7. The van der Waals surface area contributed by atoms with Crippen molar-refractivity contribution in [3.63, 3.8) is 0 Å². The number of nitrogens with zero attached hydrogens (tertiary/aromatic N) is 4. The second kappa shape index (κ2) is 8.31. The van der Waals surface area contributed by atoms with Crippen LogP contribution in [0.25, 0.3) is 0 Å². The van der Waals surface area contributed by atoms with E-state index in [4.69, 9.17) is 14.0 Å². The fourth-order valence-electron chi connectivity index (χ4n) is 2.98. The second-order valence-electron chi connectivity index (χ2n) is 6.26. The lowest BCUT2D eigenvalue weighted by molar-refractivity contribution is 0.0800. The van der Waals surface area contributed by atoms with Crippen molar-refractivity contribution in [1.82, 2.24) is 19.9 Å². The lowest BCUT2D eigenvalue weighted by atomic mass is 10.2. The van der Waals surface area contributed by atoms with Crippen molar-refractivity contribution in [3.8, 4) is 11.5 Å². The van der Waals surface area contributed by atoms with E-state index in [2.05, 4.69) is 26.9 Å². The molecule has 1 aromatic heterocycles. The Morgan fingerprint density at radius 3 is 2.40 bits per heavy atom. The van der Waals surface area contributed by atoms with Crippen LogP contribution in [-0.4, -0.2) is 66.4 Å². The first-order valence-electron chi connectivity index (χ1n) is 8.69. The van der Waals surface area contributed by atoms with E-state index >= 15 is 0 Å². The highest BCUT2D eigenvalue weighted by Crippen LogP contribution is 2.20. The van der Waals surface area contributed by atoms with Crippen LogP contribution >= 0.6 is 0 Å². The van der Waals surface area contributed by atoms with E-state index in [1.807, 2.05) is 31.2 Å². The Balaban J connectivity index is 1.38. The van der Waals surface area contributed by atoms with Gasteiger partial charge < -0.3 is 14.0 Å². The molecule has 0 spiro atoms. The molecular weight excluding hydrogens is 320 g/mol. The van der Waals surface area contributed by atoms with Gasteiger partial charge in [0.1, 0.15) is 18.1 Å². The van der Waals surface area contributed by atoms with E-state index < -0.39 is 0 Å². The third-order valence-electron chi connectivity index (χ3n) is 4.59. The van der Waals surface area contributed by atoms with E-state index in [0.29, 0.717) is 18.3 Å². The molecule has 1 aromatic carbocycles. The van der Waals surface area contributed by atoms with E-state index in [1.165, 1.54) is 0 Å². The van der Waals surface area contributed by atoms with Crippen LogP contribution in [0.3, 0.4) is 0 Å². The number of methoxy groups -OCH3 is 1. The molecule has 2 aromatic rings. The molecule has 0 N–H and O–H groups in total. The maximum absolute atomic E-state index is 5.81. The fraction of sp³-hybridized carbons (Fsp3) is 0.556. The Labute approximate surface area is 148 Å². The van der Waals surface area contributed by atoms with Gasteiger partial charge in [0.2, 0.25) is 5.89 Å². The smallest absolute Gasteiger partial charge is 0.243 e. The average Bonchev–Trinajstić information content (AvgIpc) is 3.09. The van der Waals surface area contributed by atoms with Crippen LogP contribution in [0, 0.1) is 6.92 Å². The van der Waals surface area contributed by atoms with Gasteiger partial charge in [0, 0.05) is 32.7 Å². The summed E-state index contributed by atoms with van der Waals surface area (Å²) in [5, 5.41) is 3.88. The zero-order valence-electron chi connectivity index (χ0n) is 15.1. The Hall–Kier alpha value is -2.12. The highest BCUT2D eigenvalue weighted by atomic mass is 16.5. The zero-order valence-corrected chi connectivity index (χ0v) is 15.1. The molecule has 2 heterocycles. The summed E-state index contributed by atoms with van der Waals surface area (Å²) in [6.45, 7) is 9.59. The largest absolute Gasteiger partial charge is 0.497 e. The highest BCUT2D eigenvalue weighted by molar-refractivity contribution is 5.31. The molecule has 0 saturated carbocycles. The third-order valence-corrected chi connectivity index (χ3v) is 4.59. The number of aryl methyl sites for hydroxylation is 1. The number of piperazine rings is 1. The minimum atomic E-state index is 0.166. The Morgan fingerprint density at radius 2 is 1.80 bits per heavy atom. The molecule has 1 atom stereocenters. The summed E-state index contributed by atoms with van der Waals surface area (Å²) in [5.74, 6) is 3.11. The normalized spacial score (nSPS) is 17.4. The maximum atomic E-state index is 5.81. The van der Waals surface area contributed by atoms with Crippen molar-refractivity contribution >= 4 is 0 Å². The number of aromatic nitrogens is 2. The molecule has 0 aliphatic carbocycles. The van der Waals surface area contributed by atoms with Gasteiger partial charge in [-0.1, -0.05) is 5.16 Å². The van der Waals surface area contributed by atoms with Gasteiger partial charge in [0.25, 0.3) is 0 Å². The summed E-state index contributed by atoms with van der Waals surface area (Å²) < 4.78 is 16.2. The molecule has 1 aliphatic heterocycles. The predicted octanol–water partition coefficient (Wildman–Crippen LogP) is 2.14. The van der Waals surface area contributed by atoms with Crippen molar-refractivity contribution in [1.29, 1.82) is 0 Å². The van der Waals surface area contributed by atoms with Crippen LogP contribution < -0.4 is 9.47 Å². The maximum Gasteiger partial charge on any atom is 0.243 e. The van der Waals surface area contributed by atoms with Gasteiger partial charge in [-0.15, -0.1) is 0 Å². The summed E-state index contributed by atoms with van der Waals surface area (Å²) in [6.07, 6.45) is 0. The Kier molecular flexibility index (Phi) is 5.88. The molecule has 136 valence electrons. The average molecular weight is 346 g/mol. The SMILES string of the molecule is COc1ccc(OCCN2CCN([C@@H](C)c3nc(C)no3)CC2)cc1. The van der Waals surface area contributed by atoms with E-state index in [9.17, 15) is 0 Å². The summed E-state index contributed by atoms with van der Waals surface area (Å²) in [4.78, 5) is 9.14. The standard InChI is InChI=1S/C18H26N4O3/c1-14(18-19-15(2)20-25-18)22-10-8-21(9-11-22)12-13-24-17-6-4-16(23-3)5-7-17/h4-7,14H,8-13H2,1-3H3/t14-/m0/s1. The summed E-state index contributed by atoms with van der Waals surface area (Å²) in [7, 11) is 1.66. The lowest BCUT2D eigenvalue weighted by Gasteiger charge is -2.36. The van der Waals surface area contributed by atoms with Crippen molar-refractivity contribution < 1.29 is 14.0 Å². The van der Waals surface area contributed by atoms with E-state index in [0.717, 1.165) is 44.2 Å². The minimum Gasteiger partial charge on any atom is -0.497 e. The van der Waals surface area contributed by atoms with Crippen LogP contribution in [0.4, 0.5) is 0 Å². The van der Waals surface area contributed by atoms with E-state index in [1.54, 1.807) is 7.11 Å². The molecule has 1 saturated heterocycles. The molecule has 1 fully saturated rings. The number of ether oxygens (including phenoxy) is 2. The van der Waals surface area contributed by atoms with E-state index in [-0.39, 0.29) is 6.04 Å². The quantitative estimate of drug-likeness (QED) is 0.761. The first-order valence-corrected chi connectivity index (χ1v) is 8.69. The topological polar surface area (TPSA) is 63.9 Å². The fourth-order valence-corrected chi connectivity index (χ4v) is 2.98. The molecule has 3 rings (SSSR count). The van der Waals surface area contributed by atoms with Gasteiger partial charge in [-0.05, 0) is 38.1 Å². The number of benzene rings is 1. The van der Waals surface area contributed by atoms with Crippen LogP contribution in [0.5, 0.6) is 11.5 Å². The first-order chi connectivity index (χ1) is 12.2. The lowest BCUT2D eigenvalue weighted by Crippen LogP contribution is -2.48. The van der Waals surface area contributed by atoms with Crippen LogP contribution in [-0.2, 0) is 0 Å². The molecule has 0 radical (unpaired) electrons. The van der Waals surface area contributed by atoms with Crippen molar-refractivity contribution in [3.05, 3.63) is 36.0 Å². The zero-order chi connectivity index (χ0) is 17.6.